The predicted molar refractivity (Wildman–Crippen MR) is 103 cm³/mol. The third kappa shape index (κ3) is 6.75. The summed E-state index contributed by atoms with van der Waals surface area (Å²) in [5.74, 6) is 2.88. The topological polar surface area (TPSA) is 59.6 Å². The molecule has 0 radical (unpaired) electrons. The summed E-state index contributed by atoms with van der Waals surface area (Å²) >= 11 is 0. The number of carbonyl (C=O) groups is 1. The van der Waals surface area contributed by atoms with Crippen molar-refractivity contribution in [2.45, 2.75) is 32.6 Å². The second kappa shape index (κ2) is 11.2. The van der Waals surface area contributed by atoms with E-state index in [-0.39, 0.29) is 18.3 Å². The Hall–Kier alpha value is -1.46. The monoisotopic (exact) mass is 370 g/mol. The minimum absolute atomic E-state index is 0. The average molecular weight is 371 g/mol. The zero-order valence-corrected chi connectivity index (χ0v) is 16.3. The molecule has 2 N–H and O–H groups in total. The van der Waals surface area contributed by atoms with Gasteiger partial charge in [0.15, 0.2) is 0 Å². The van der Waals surface area contributed by atoms with E-state index in [1.54, 1.807) is 14.2 Å². The van der Waals surface area contributed by atoms with E-state index in [1.807, 2.05) is 18.2 Å². The Morgan fingerprint density at radius 2 is 2.00 bits per heavy atom. The Morgan fingerprint density at radius 3 is 2.64 bits per heavy atom. The maximum atomic E-state index is 12.2. The first-order valence-electron chi connectivity index (χ1n) is 8.82. The van der Waals surface area contributed by atoms with E-state index in [1.165, 1.54) is 12.8 Å². The van der Waals surface area contributed by atoms with Crippen LogP contribution in [0, 0.1) is 11.8 Å². The lowest BCUT2D eigenvalue weighted by Crippen LogP contribution is -2.34. The summed E-state index contributed by atoms with van der Waals surface area (Å²) in [6.45, 7) is 4.96. The predicted octanol–water partition coefficient (Wildman–Crippen LogP) is 2.81. The quantitative estimate of drug-likeness (QED) is 0.738. The molecule has 1 amide bonds. The van der Waals surface area contributed by atoms with Crippen LogP contribution in [0.25, 0.3) is 0 Å². The maximum Gasteiger partial charge on any atom is 0.220 e. The smallest absolute Gasteiger partial charge is 0.220 e. The van der Waals surface area contributed by atoms with Gasteiger partial charge in [0.2, 0.25) is 5.91 Å². The maximum absolute atomic E-state index is 12.2. The van der Waals surface area contributed by atoms with Gasteiger partial charge in [-0.1, -0.05) is 6.92 Å². The van der Waals surface area contributed by atoms with Crippen molar-refractivity contribution in [2.75, 3.05) is 33.9 Å². The first kappa shape index (κ1) is 21.6. The summed E-state index contributed by atoms with van der Waals surface area (Å²) < 4.78 is 10.6. The van der Waals surface area contributed by atoms with Crippen LogP contribution in [-0.2, 0) is 11.2 Å². The molecule has 1 aromatic rings. The molecular weight excluding hydrogens is 340 g/mol. The number of halogens is 1. The molecule has 2 rings (SSSR count). The lowest BCUT2D eigenvalue weighted by Gasteiger charge is -2.27. The van der Waals surface area contributed by atoms with Crippen molar-refractivity contribution < 1.29 is 14.3 Å². The van der Waals surface area contributed by atoms with Crippen molar-refractivity contribution in [3.8, 4) is 11.5 Å². The molecule has 25 heavy (non-hydrogen) atoms. The van der Waals surface area contributed by atoms with E-state index in [4.69, 9.17) is 9.47 Å². The number of methoxy groups -OCH3 is 2. The molecule has 0 bridgehead atoms. The molecule has 1 atom stereocenters. The highest BCUT2D eigenvalue weighted by Crippen LogP contribution is 2.25. The number of nitrogens with one attached hydrogen (secondary N) is 2. The van der Waals surface area contributed by atoms with E-state index in [0.29, 0.717) is 24.8 Å². The Bertz CT molecular complexity index is 533. The molecule has 5 nitrogen and oxygen atoms in total. The number of hydrogen-bond acceptors (Lipinski definition) is 4. The molecule has 1 aromatic carbocycles. The Morgan fingerprint density at radius 1 is 1.28 bits per heavy atom. The van der Waals surface area contributed by atoms with Gasteiger partial charge in [0.1, 0.15) is 11.5 Å². The molecule has 6 heteroatoms. The molecule has 1 aliphatic heterocycles. The van der Waals surface area contributed by atoms with Crippen LogP contribution in [0.2, 0.25) is 0 Å². The minimum atomic E-state index is 0. The first-order valence-corrected chi connectivity index (χ1v) is 8.82. The number of benzene rings is 1. The molecule has 1 fully saturated rings. The lowest BCUT2D eigenvalue weighted by atomic mass is 9.84. The van der Waals surface area contributed by atoms with Crippen LogP contribution in [0.5, 0.6) is 11.5 Å². The number of hydrogen-bond donors (Lipinski definition) is 2. The van der Waals surface area contributed by atoms with E-state index in [2.05, 4.69) is 17.6 Å². The van der Waals surface area contributed by atoms with Crippen molar-refractivity contribution in [3.63, 3.8) is 0 Å². The molecule has 0 aliphatic carbocycles. The highest BCUT2D eigenvalue weighted by atomic mass is 35.5. The van der Waals surface area contributed by atoms with E-state index in [9.17, 15) is 4.79 Å². The molecule has 0 spiro atoms. The zero-order chi connectivity index (χ0) is 17.4. The van der Waals surface area contributed by atoms with E-state index in [0.717, 1.165) is 36.6 Å². The van der Waals surface area contributed by atoms with Gasteiger partial charge in [-0.3, -0.25) is 4.79 Å². The molecule has 1 unspecified atom stereocenters. The summed E-state index contributed by atoms with van der Waals surface area (Å²) in [6, 6.07) is 5.74. The van der Waals surface area contributed by atoms with E-state index < -0.39 is 0 Å². The fourth-order valence-corrected chi connectivity index (χ4v) is 3.36. The summed E-state index contributed by atoms with van der Waals surface area (Å²) in [5, 5.41) is 6.41. The van der Waals surface area contributed by atoms with Crippen molar-refractivity contribution >= 4 is 18.3 Å². The summed E-state index contributed by atoms with van der Waals surface area (Å²) in [4.78, 5) is 12.2. The number of rotatable bonds is 8. The van der Waals surface area contributed by atoms with Crippen LogP contribution in [0.3, 0.4) is 0 Å². The highest BCUT2D eigenvalue weighted by molar-refractivity contribution is 5.85. The standard InChI is InChI=1S/C19H30N2O3.ClH/c1-14(15-6-9-20-10-7-15)12-19(22)21-11-8-16-13-17(23-2)4-5-18(16)24-3;/h4-5,13-15,20H,6-12H2,1-3H3,(H,21,22);1H. The lowest BCUT2D eigenvalue weighted by molar-refractivity contribution is -0.122. The van der Waals surface area contributed by atoms with Gasteiger partial charge in [-0.25, -0.2) is 0 Å². The van der Waals surface area contributed by atoms with Crippen LogP contribution in [-0.4, -0.2) is 39.8 Å². The van der Waals surface area contributed by atoms with Gasteiger partial charge in [0.25, 0.3) is 0 Å². The van der Waals surface area contributed by atoms with Crippen LogP contribution >= 0.6 is 12.4 Å². The van der Waals surface area contributed by atoms with Gasteiger partial charge in [0, 0.05) is 13.0 Å². The summed E-state index contributed by atoms with van der Waals surface area (Å²) in [7, 11) is 3.31. The van der Waals surface area contributed by atoms with Crippen LogP contribution in [0.1, 0.15) is 31.7 Å². The van der Waals surface area contributed by atoms with Crippen molar-refractivity contribution in [2.24, 2.45) is 11.8 Å². The molecular formula is C19H31ClN2O3. The van der Waals surface area contributed by atoms with Crippen molar-refractivity contribution in [3.05, 3.63) is 23.8 Å². The Kier molecular flexibility index (Phi) is 9.68. The summed E-state index contributed by atoms with van der Waals surface area (Å²) in [6.07, 6.45) is 3.69. The molecule has 1 heterocycles. The van der Waals surface area contributed by atoms with Gasteiger partial charge < -0.3 is 20.1 Å². The molecule has 142 valence electrons. The first-order chi connectivity index (χ1) is 11.6. The Labute approximate surface area is 157 Å². The normalized spacial score (nSPS) is 15.8. The second-order valence-corrected chi connectivity index (χ2v) is 6.55. The third-order valence-electron chi connectivity index (χ3n) is 4.90. The second-order valence-electron chi connectivity index (χ2n) is 6.55. The number of piperidine rings is 1. The highest BCUT2D eigenvalue weighted by Gasteiger charge is 2.21. The Balaban J connectivity index is 0.00000312. The zero-order valence-electron chi connectivity index (χ0n) is 15.5. The van der Waals surface area contributed by atoms with E-state index >= 15 is 0 Å². The minimum Gasteiger partial charge on any atom is -0.497 e. The van der Waals surface area contributed by atoms with Gasteiger partial charge in [-0.05, 0) is 68.0 Å². The van der Waals surface area contributed by atoms with Crippen LogP contribution < -0.4 is 20.1 Å². The molecule has 1 aliphatic rings. The number of ether oxygens (including phenoxy) is 2. The fraction of sp³-hybridized carbons (Fsp3) is 0.632. The van der Waals surface area contributed by atoms with Crippen LogP contribution in [0.15, 0.2) is 18.2 Å². The van der Waals surface area contributed by atoms with Crippen LogP contribution in [0.4, 0.5) is 0 Å². The van der Waals surface area contributed by atoms with Crippen molar-refractivity contribution in [1.29, 1.82) is 0 Å². The number of carbonyl (C=O) groups excluding carboxylic acids is 1. The molecule has 1 saturated heterocycles. The van der Waals surface area contributed by atoms with Gasteiger partial charge in [-0.15, -0.1) is 12.4 Å². The van der Waals surface area contributed by atoms with Gasteiger partial charge in [0.05, 0.1) is 14.2 Å². The fourth-order valence-electron chi connectivity index (χ4n) is 3.36. The third-order valence-corrected chi connectivity index (χ3v) is 4.90. The van der Waals surface area contributed by atoms with Gasteiger partial charge >= 0.3 is 0 Å². The largest absolute Gasteiger partial charge is 0.497 e. The van der Waals surface area contributed by atoms with Gasteiger partial charge in [-0.2, -0.15) is 0 Å². The average Bonchev–Trinajstić information content (AvgIpc) is 2.62. The summed E-state index contributed by atoms with van der Waals surface area (Å²) in [5.41, 5.74) is 1.04. The van der Waals surface area contributed by atoms with Crippen molar-refractivity contribution in [1.82, 2.24) is 10.6 Å². The SMILES string of the molecule is COc1ccc(OC)c(CCNC(=O)CC(C)C2CCNCC2)c1.Cl. The number of amides is 1. The molecule has 0 saturated carbocycles. The molecule has 0 aromatic heterocycles.